The van der Waals surface area contributed by atoms with Crippen LogP contribution in [0.3, 0.4) is 0 Å². The average Bonchev–Trinajstić information content (AvgIpc) is 2.74. The summed E-state index contributed by atoms with van der Waals surface area (Å²) >= 11 is 0. The van der Waals surface area contributed by atoms with Crippen LogP contribution in [0.15, 0.2) is 0 Å². The molecule has 2 amide bonds. The van der Waals surface area contributed by atoms with Crippen molar-refractivity contribution in [2.24, 2.45) is 5.92 Å². The molecular formula is C15H26F3N3O. The topological polar surface area (TPSA) is 35.6 Å². The number of likely N-dealkylation sites (tertiary alicyclic amines) is 2. The third-order valence-corrected chi connectivity index (χ3v) is 5.19. The van der Waals surface area contributed by atoms with Gasteiger partial charge in [-0.15, -0.1) is 0 Å². The molecule has 2 saturated heterocycles. The Kier molecular flexibility index (Phi) is 4.94. The van der Waals surface area contributed by atoms with Gasteiger partial charge in [0.1, 0.15) is 0 Å². The van der Waals surface area contributed by atoms with Crippen LogP contribution in [0.25, 0.3) is 0 Å². The van der Waals surface area contributed by atoms with Crippen molar-refractivity contribution >= 4 is 6.03 Å². The number of piperidine rings is 1. The van der Waals surface area contributed by atoms with Crippen LogP contribution in [-0.2, 0) is 0 Å². The number of carbonyl (C=O) groups excluding carboxylic acids is 1. The van der Waals surface area contributed by atoms with E-state index in [4.69, 9.17) is 0 Å². The van der Waals surface area contributed by atoms with Crippen molar-refractivity contribution in [1.29, 1.82) is 0 Å². The first-order chi connectivity index (χ1) is 10.2. The van der Waals surface area contributed by atoms with E-state index in [1.807, 2.05) is 0 Å². The summed E-state index contributed by atoms with van der Waals surface area (Å²) in [5.74, 6) is -1.45. The molecule has 0 aromatic heterocycles. The second-order valence-electron chi connectivity index (χ2n) is 6.85. The molecule has 2 aliphatic rings. The molecule has 4 nitrogen and oxygen atoms in total. The maximum absolute atomic E-state index is 13.1. The number of halogens is 3. The highest BCUT2D eigenvalue weighted by molar-refractivity contribution is 5.75. The number of hydrogen-bond donors (Lipinski definition) is 1. The van der Waals surface area contributed by atoms with E-state index in [9.17, 15) is 18.0 Å². The van der Waals surface area contributed by atoms with E-state index in [1.54, 1.807) is 0 Å². The van der Waals surface area contributed by atoms with Gasteiger partial charge in [0.15, 0.2) is 0 Å². The van der Waals surface area contributed by atoms with Crippen LogP contribution >= 0.6 is 0 Å². The van der Waals surface area contributed by atoms with Crippen molar-refractivity contribution in [3.63, 3.8) is 0 Å². The van der Waals surface area contributed by atoms with Crippen LogP contribution in [0.4, 0.5) is 18.0 Å². The van der Waals surface area contributed by atoms with Crippen molar-refractivity contribution in [1.82, 2.24) is 15.1 Å². The summed E-state index contributed by atoms with van der Waals surface area (Å²) < 4.78 is 39.2. The number of alkyl halides is 3. The zero-order chi connectivity index (χ0) is 16.5. The minimum absolute atomic E-state index is 0.0157. The zero-order valence-electron chi connectivity index (χ0n) is 13.5. The minimum Gasteiger partial charge on any atom is -0.335 e. The van der Waals surface area contributed by atoms with Crippen LogP contribution in [0.2, 0.25) is 0 Å². The Morgan fingerprint density at radius 3 is 2.23 bits per heavy atom. The maximum Gasteiger partial charge on any atom is 0.394 e. The lowest BCUT2D eigenvalue weighted by molar-refractivity contribution is -0.189. The summed E-state index contributed by atoms with van der Waals surface area (Å²) in [6, 6.07) is -0.289. The number of carbonyl (C=O) groups is 1. The van der Waals surface area contributed by atoms with E-state index >= 15 is 0 Å². The fourth-order valence-electron chi connectivity index (χ4n) is 3.66. The van der Waals surface area contributed by atoms with Gasteiger partial charge in [-0.2, -0.15) is 13.2 Å². The lowest BCUT2D eigenvalue weighted by Crippen LogP contribution is -2.55. The van der Waals surface area contributed by atoms with Crippen LogP contribution in [0.5, 0.6) is 0 Å². The van der Waals surface area contributed by atoms with E-state index in [1.165, 1.54) is 18.7 Å². The van der Waals surface area contributed by atoms with E-state index in [0.29, 0.717) is 0 Å². The molecule has 128 valence electrons. The SMILES string of the molecule is CCN1CCC(NC(=O)N2CCC(C(F)(F)F)C2(C)C)CC1. The molecular weight excluding hydrogens is 295 g/mol. The highest BCUT2D eigenvalue weighted by Gasteiger charge is 2.56. The van der Waals surface area contributed by atoms with Gasteiger partial charge in [-0.05, 0) is 39.7 Å². The Labute approximate surface area is 130 Å². The first kappa shape index (κ1) is 17.4. The molecule has 1 N–H and O–H groups in total. The van der Waals surface area contributed by atoms with Gasteiger partial charge in [-0.1, -0.05) is 6.92 Å². The van der Waals surface area contributed by atoms with Crippen molar-refractivity contribution in [2.75, 3.05) is 26.2 Å². The quantitative estimate of drug-likeness (QED) is 0.849. The standard InChI is InChI=1S/C15H26F3N3O/c1-4-20-8-5-11(6-9-20)19-13(22)21-10-7-12(14(21,2)3)15(16,17)18/h11-12H,4-10H2,1-3H3,(H,19,22). The lowest BCUT2D eigenvalue weighted by atomic mass is 9.88. The van der Waals surface area contributed by atoms with Gasteiger partial charge in [-0.3, -0.25) is 0 Å². The van der Waals surface area contributed by atoms with Gasteiger partial charge in [0.05, 0.1) is 11.5 Å². The predicted octanol–water partition coefficient (Wildman–Crippen LogP) is 2.84. The third kappa shape index (κ3) is 3.50. The Hall–Kier alpha value is -0.980. The van der Waals surface area contributed by atoms with Crippen LogP contribution in [0, 0.1) is 5.92 Å². The Balaban J connectivity index is 1.93. The number of amides is 2. The van der Waals surface area contributed by atoms with Gasteiger partial charge in [0.25, 0.3) is 0 Å². The Morgan fingerprint density at radius 1 is 1.18 bits per heavy atom. The molecule has 2 rings (SSSR count). The second-order valence-corrected chi connectivity index (χ2v) is 6.85. The number of nitrogens with zero attached hydrogens (tertiary/aromatic N) is 2. The Morgan fingerprint density at radius 2 is 1.77 bits per heavy atom. The summed E-state index contributed by atoms with van der Waals surface area (Å²) in [5, 5.41) is 2.93. The van der Waals surface area contributed by atoms with Gasteiger partial charge in [-0.25, -0.2) is 4.79 Å². The highest BCUT2D eigenvalue weighted by Crippen LogP contribution is 2.44. The van der Waals surface area contributed by atoms with Crippen LogP contribution < -0.4 is 5.32 Å². The van der Waals surface area contributed by atoms with Crippen molar-refractivity contribution in [2.45, 2.75) is 57.8 Å². The minimum atomic E-state index is -4.26. The Bertz CT molecular complexity index is 403. The van der Waals surface area contributed by atoms with Gasteiger partial charge in [0.2, 0.25) is 0 Å². The molecule has 0 bridgehead atoms. The van der Waals surface area contributed by atoms with Crippen molar-refractivity contribution in [3.8, 4) is 0 Å². The summed E-state index contributed by atoms with van der Waals surface area (Å²) in [7, 11) is 0. The second kappa shape index (κ2) is 6.26. The zero-order valence-corrected chi connectivity index (χ0v) is 13.5. The molecule has 0 aromatic rings. The monoisotopic (exact) mass is 321 g/mol. The number of nitrogens with one attached hydrogen (secondary N) is 1. The van der Waals surface area contributed by atoms with E-state index in [0.717, 1.165) is 32.5 Å². The molecule has 0 spiro atoms. The number of urea groups is 1. The highest BCUT2D eigenvalue weighted by atomic mass is 19.4. The first-order valence-electron chi connectivity index (χ1n) is 8.03. The normalized spacial score (nSPS) is 27.2. The summed E-state index contributed by atoms with van der Waals surface area (Å²) in [6.07, 6.45) is -2.56. The van der Waals surface area contributed by atoms with Gasteiger partial charge < -0.3 is 15.1 Å². The molecule has 2 fully saturated rings. The smallest absolute Gasteiger partial charge is 0.335 e. The average molecular weight is 321 g/mol. The first-order valence-corrected chi connectivity index (χ1v) is 8.03. The molecule has 1 atom stereocenters. The molecule has 0 saturated carbocycles. The summed E-state index contributed by atoms with van der Waals surface area (Å²) in [4.78, 5) is 16.1. The van der Waals surface area contributed by atoms with E-state index in [2.05, 4.69) is 17.1 Å². The molecule has 0 radical (unpaired) electrons. The lowest BCUT2D eigenvalue weighted by Gasteiger charge is -2.38. The maximum atomic E-state index is 13.1. The van der Waals surface area contributed by atoms with Crippen LogP contribution in [-0.4, -0.2) is 59.8 Å². The summed E-state index contributed by atoms with van der Waals surface area (Å²) in [6.45, 7) is 8.13. The molecule has 2 heterocycles. The number of rotatable bonds is 2. The predicted molar refractivity (Wildman–Crippen MR) is 78.6 cm³/mol. The van der Waals surface area contributed by atoms with Gasteiger partial charge >= 0.3 is 12.2 Å². The van der Waals surface area contributed by atoms with Crippen molar-refractivity contribution < 1.29 is 18.0 Å². The largest absolute Gasteiger partial charge is 0.394 e. The van der Waals surface area contributed by atoms with Gasteiger partial charge in [0, 0.05) is 25.7 Å². The molecule has 1 unspecified atom stereocenters. The molecule has 22 heavy (non-hydrogen) atoms. The van der Waals surface area contributed by atoms with E-state index in [-0.39, 0.29) is 25.0 Å². The van der Waals surface area contributed by atoms with Crippen molar-refractivity contribution in [3.05, 3.63) is 0 Å². The molecule has 7 heteroatoms. The summed E-state index contributed by atoms with van der Waals surface area (Å²) in [5.41, 5.74) is -1.19. The molecule has 0 aliphatic carbocycles. The van der Waals surface area contributed by atoms with Crippen LogP contribution in [0.1, 0.15) is 40.0 Å². The van der Waals surface area contributed by atoms with E-state index < -0.39 is 17.6 Å². The molecule has 0 aromatic carbocycles. The third-order valence-electron chi connectivity index (χ3n) is 5.19. The fourth-order valence-corrected chi connectivity index (χ4v) is 3.66. The fraction of sp³-hybridized carbons (Fsp3) is 0.933. The molecule has 2 aliphatic heterocycles. The number of hydrogen-bond acceptors (Lipinski definition) is 2.